The van der Waals surface area contributed by atoms with E-state index in [1.165, 1.54) is 0 Å². The van der Waals surface area contributed by atoms with Gasteiger partial charge in [0.2, 0.25) is 5.91 Å². The van der Waals surface area contributed by atoms with Gasteiger partial charge in [-0.2, -0.15) is 0 Å². The molecule has 1 aliphatic heterocycles. The minimum Gasteiger partial charge on any atom is -0.334 e. The topological polar surface area (TPSA) is 51.0 Å². The van der Waals surface area contributed by atoms with Crippen LogP contribution in [0.2, 0.25) is 0 Å². The van der Waals surface area contributed by atoms with Crippen LogP contribution in [0.25, 0.3) is 5.82 Å². The lowest BCUT2D eigenvalue weighted by molar-refractivity contribution is -0.129. The number of aromatic nitrogens is 3. The molecule has 0 spiro atoms. The predicted molar refractivity (Wildman–Crippen MR) is 70.7 cm³/mol. The monoisotopic (exact) mass is 256 g/mol. The van der Waals surface area contributed by atoms with Gasteiger partial charge < -0.3 is 4.90 Å². The Kier molecular flexibility index (Phi) is 3.03. The first-order valence-electron chi connectivity index (χ1n) is 6.48. The maximum Gasteiger partial charge on any atom is 0.220 e. The molecule has 1 atom stereocenters. The Morgan fingerprint density at radius 1 is 1.42 bits per heavy atom. The van der Waals surface area contributed by atoms with Gasteiger partial charge in [0.15, 0.2) is 0 Å². The van der Waals surface area contributed by atoms with Crippen LogP contribution >= 0.6 is 0 Å². The van der Waals surface area contributed by atoms with Gasteiger partial charge in [0, 0.05) is 25.9 Å². The fourth-order valence-corrected chi connectivity index (χ4v) is 2.61. The number of hydrogen-bond acceptors (Lipinski definition) is 3. The standard InChI is InChI=1S/C14H16N4O/c1-11(19)18-8-3-5-13(18)12-4-2-6-14(16-12)17-9-7-15-10-17/h2,4,6-7,9-10,13H,3,5,8H2,1H3/t13-/m1/s1. The molecule has 0 unspecified atom stereocenters. The summed E-state index contributed by atoms with van der Waals surface area (Å²) in [6.45, 7) is 2.45. The van der Waals surface area contributed by atoms with Crippen LogP contribution in [0, 0.1) is 0 Å². The van der Waals surface area contributed by atoms with Gasteiger partial charge in [-0.05, 0) is 25.0 Å². The molecule has 1 amide bonds. The van der Waals surface area contributed by atoms with E-state index in [1.54, 1.807) is 19.4 Å². The summed E-state index contributed by atoms with van der Waals surface area (Å²) in [7, 11) is 0. The number of hydrogen-bond donors (Lipinski definition) is 0. The maximum atomic E-state index is 11.6. The fraction of sp³-hybridized carbons (Fsp3) is 0.357. The van der Waals surface area contributed by atoms with Crippen molar-refractivity contribution in [3.05, 3.63) is 42.6 Å². The third kappa shape index (κ3) is 2.23. The number of rotatable bonds is 2. The number of amides is 1. The van der Waals surface area contributed by atoms with E-state index in [9.17, 15) is 4.79 Å². The lowest BCUT2D eigenvalue weighted by Gasteiger charge is -2.23. The molecule has 5 heteroatoms. The molecule has 0 N–H and O–H groups in total. The molecule has 0 radical (unpaired) electrons. The van der Waals surface area contributed by atoms with Gasteiger partial charge in [0.25, 0.3) is 0 Å². The van der Waals surface area contributed by atoms with Crippen molar-refractivity contribution in [3.63, 3.8) is 0 Å². The molecule has 19 heavy (non-hydrogen) atoms. The van der Waals surface area contributed by atoms with Crippen LogP contribution in [0.15, 0.2) is 36.9 Å². The molecular formula is C14H16N4O. The van der Waals surface area contributed by atoms with E-state index in [1.807, 2.05) is 33.9 Å². The summed E-state index contributed by atoms with van der Waals surface area (Å²) in [4.78, 5) is 22.2. The number of carbonyl (C=O) groups is 1. The lowest BCUT2D eigenvalue weighted by Crippen LogP contribution is -2.28. The second-order valence-electron chi connectivity index (χ2n) is 4.76. The van der Waals surface area contributed by atoms with Crippen molar-refractivity contribution in [2.45, 2.75) is 25.8 Å². The van der Waals surface area contributed by atoms with Crippen molar-refractivity contribution >= 4 is 5.91 Å². The molecule has 0 aromatic carbocycles. The highest BCUT2D eigenvalue weighted by molar-refractivity contribution is 5.74. The van der Waals surface area contributed by atoms with Crippen molar-refractivity contribution in [1.29, 1.82) is 0 Å². The van der Waals surface area contributed by atoms with Crippen molar-refractivity contribution < 1.29 is 4.79 Å². The zero-order chi connectivity index (χ0) is 13.2. The largest absolute Gasteiger partial charge is 0.334 e. The van der Waals surface area contributed by atoms with Crippen LogP contribution in [0.5, 0.6) is 0 Å². The Hall–Kier alpha value is -2.17. The fourth-order valence-electron chi connectivity index (χ4n) is 2.61. The van der Waals surface area contributed by atoms with E-state index in [4.69, 9.17) is 0 Å². The van der Waals surface area contributed by atoms with Crippen molar-refractivity contribution in [2.24, 2.45) is 0 Å². The van der Waals surface area contributed by atoms with E-state index in [2.05, 4.69) is 9.97 Å². The second kappa shape index (κ2) is 4.84. The third-order valence-electron chi connectivity index (χ3n) is 3.52. The van der Waals surface area contributed by atoms with Gasteiger partial charge in [-0.3, -0.25) is 9.36 Å². The number of nitrogens with zero attached hydrogens (tertiary/aromatic N) is 4. The lowest BCUT2D eigenvalue weighted by atomic mass is 10.1. The van der Waals surface area contributed by atoms with Gasteiger partial charge in [0.1, 0.15) is 12.1 Å². The van der Waals surface area contributed by atoms with E-state index >= 15 is 0 Å². The molecule has 2 aromatic heterocycles. The molecule has 0 saturated carbocycles. The summed E-state index contributed by atoms with van der Waals surface area (Å²) in [5, 5.41) is 0. The smallest absolute Gasteiger partial charge is 0.220 e. The van der Waals surface area contributed by atoms with Crippen LogP contribution in [0.4, 0.5) is 0 Å². The molecule has 1 fully saturated rings. The zero-order valence-electron chi connectivity index (χ0n) is 10.9. The van der Waals surface area contributed by atoms with E-state index in [-0.39, 0.29) is 11.9 Å². The molecule has 5 nitrogen and oxygen atoms in total. The first kappa shape index (κ1) is 11.9. The minimum absolute atomic E-state index is 0.112. The predicted octanol–water partition coefficient (Wildman–Crippen LogP) is 1.95. The summed E-state index contributed by atoms with van der Waals surface area (Å²) < 4.78 is 1.87. The van der Waals surface area contributed by atoms with Gasteiger partial charge in [-0.1, -0.05) is 6.07 Å². The third-order valence-corrected chi connectivity index (χ3v) is 3.52. The van der Waals surface area contributed by atoms with Crippen LogP contribution < -0.4 is 0 Å². The normalized spacial score (nSPS) is 18.8. The highest BCUT2D eigenvalue weighted by Gasteiger charge is 2.28. The average molecular weight is 256 g/mol. The van der Waals surface area contributed by atoms with Crippen molar-refractivity contribution in [2.75, 3.05) is 6.54 Å². The van der Waals surface area contributed by atoms with E-state index < -0.39 is 0 Å². The van der Waals surface area contributed by atoms with E-state index in [0.717, 1.165) is 30.9 Å². The summed E-state index contributed by atoms with van der Waals surface area (Å²) in [6, 6.07) is 6.03. The SMILES string of the molecule is CC(=O)N1CCC[C@@H]1c1cccc(-n2ccnc2)n1. The molecular weight excluding hydrogens is 240 g/mol. The number of imidazole rings is 1. The van der Waals surface area contributed by atoms with Crippen molar-refractivity contribution in [1.82, 2.24) is 19.4 Å². The zero-order valence-corrected chi connectivity index (χ0v) is 10.9. The summed E-state index contributed by atoms with van der Waals surface area (Å²) in [5.74, 6) is 0.961. The Bertz CT molecular complexity index is 579. The van der Waals surface area contributed by atoms with Crippen LogP contribution in [0.3, 0.4) is 0 Å². The summed E-state index contributed by atoms with van der Waals surface area (Å²) in [5.41, 5.74) is 0.957. The van der Waals surface area contributed by atoms with Gasteiger partial charge >= 0.3 is 0 Å². The average Bonchev–Trinajstić information content (AvgIpc) is 3.10. The van der Waals surface area contributed by atoms with Crippen LogP contribution in [0.1, 0.15) is 31.5 Å². The molecule has 1 aliphatic rings. The molecule has 3 heterocycles. The van der Waals surface area contributed by atoms with Gasteiger partial charge in [-0.15, -0.1) is 0 Å². The first-order valence-corrected chi connectivity index (χ1v) is 6.48. The Morgan fingerprint density at radius 3 is 3.05 bits per heavy atom. The quantitative estimate of drug-likeness (QED) is 0.825. The molecule has 0 bridgehead atoms. The van der Waals surface area contributed by atoms with E-state index in [0.29, 0.717) is 0 Å². The minimum atomic E-state index is 0.112. The van der Waals surface area contributed by atoms with Gasteiger partial charge in [-0.25, -0.2) is 9.97 Å². The highest BCUT2D eigenvalue weighted by atomic mass is 16.2. The van der Waals surface area contributed by atoms with Crippen LogP contribution in [-0.2, 0) is 4.79 Å². The Morgan fingerprint density at radius 2 is 2.32 bits per heavy atom. The van der Waals surface area contributed by atoms with Gasteiger partial charge in [0.05, 0.1) is 11.7 Å². The number of likely N-dealkylation sites (tertiary alicyclic amines) is 1. The Labute approximate surface area is 111 Å². The summed E-state index contributed by atoms with van der Waals surface area (Å²) >= 11 is 0. The molecule has 98 valence electrons. The number of carbonyl (C=O) groups excluding carboxylic acids is 1. The number of pyridine rings is 1. The highest BCUT2D eigenvalue weighted by Crippen LogP contribution is 2.30. The van der Waals surface area contributed by atoms with Crippen molar-refractivity contribution in [3.8, 4) is 5.82 Å². The molecule has 0 aliphatic carbocycles. The second-order valence-corrected chi connectivity index (χ2v) is 4.76. The Balaban J connectivity index is 1.93. The van der Waals surface area contributed by atoms with Crippen LogP contribution in [-0.4, -0.2) is 31.9 Å². The summed E-state index contributed by atoms with van der Waals surface area (Å²) in [6.07, 6.45) is 7.35. The molecule has 3 rings (SSSR count). The maximum absolute atomic E-state index is 11.6. The molecule has 1 saturated heterocycles. The molecule has 2 aromatic rings. The first-order chi connectivity index (χ1) is 9.25.